The number of thioether (sulfide) groups is 1. The maximum absolute atomic E-state index is 12.3. The van der Waals surface area contributed by atoms with Gasteiger partial charge in [0.05, 0.1) is 5.75 Å². The highest BCUT2D eigenvalue weighted by Gasteiger charge is 2.28. The number of nitrogens with zero attached hydrogens (tertiary/aromatic N) is 2. The molecular formula is C11H19F3N2SSi. The number of hydrogen-bond donors (Lipinski definition) is 0. The molecule has 1 aromatic rings. The Kier molecular flexibility index (Phi) is 5.33. The van der Waals surface area contributed by atoms with Gasteiger partial charge in [-0.1, -0.05) is 19.6 Å². The van der Waals surface area contributed by atoms with Crippen LogP contribution in [0, 0.1) is 0 Å². The van der Waals surface area contributed by atoms with Crippen molar-refractivity contribution in [1.29, 1.82) is 0 Å². The Labute approximate surface area is 111 Å². The summed E-state index contributed by atoms with van der Waals surface area (Å²) < 4.78 is 38.1. The lowest BCUT2D eigenvalue weighted by Gasteiger charge is -2.15. The van der Waals surface area contributed by atoms with Gasteiger partial charge in [0.1, 0.15) is 12.4 Å². The Hall–Kier alpha value is -0.433. The molecule has 7 heteroatoms. The van der Waals surface area contributed by atoms with Gasteiger partial charge in [-0.05, 0) is 11.8 Å². The number of imidazole rings is 1. The molecule has 0 aromatic carbocycles. The molecule has 1 aromatic heterocycles. The van der Waals surface area contributed by atoms with Gasteiger partial charge in [-0.2, -0.15) is 24.9 Å². The first kappa shape index (κ1) is 15.6. The monoisotopic (exact) mass is 296 g/mol. The summed E-state index contributed by atoms with van der Waals surface area (Å²) in [7, 11) is -1.06. The summed E-state index contributed by atoms with van der Waals surface area (Å²) in [5.41, 5.74) is 0. The fraction of sp³-hybridized carbons (Fsp3) is 0.727. The SMILES string of the molecule is C[Si](C)(C)CCSCc1nccn1CC(F)(F)F. The van der Waals surface area contributed by atoms with Crippen LogP contribution in [-0.2, 0) is 12.3 Å². The van der Waals surface area contributed by atoms with E-state index < -0.39 is 20.8 Å². The van der Waals surface area contributed by atoms with Crippen molar-refractivity contribution >= 4 is 19.8 Å². The Balaban J connectivity index is 2.41. The Morgan fingerprint density at radius 3 is 2.56 bits per heavy atom. The van der Waals surface area contributed by atoms with E-state index in [9.17, 15) is 13.2 Å². The van der Waals surface area contributed by atoms with Crippen LogP contribution in [0.25, 0.3) is 0 Å². The molecule has 0 aliphatic rings. The maximum atomic E-state index is 12.3. The second-order valence-corrected chi connectivity index (χ2v) is 12.2. The predicted octanol–water partition coefficient (Wildman–Crippen LogP) is 4.02. The summed E-state index contributed by atoms with van der Waals surface area (Å²) in [4.78, 5) is 3.99. The molecule has 1 heterocycles. The molecule has 1 rings (SSSR count). The smallest absolute Gasteiger partial charge is 0.325 e. The Morgan fingerprint density at radius 2 is 2.00 bits per heavy atom. The van der Waals surface area contributed by atoms with Crippen molar-refractivity contribution in [3.8, 4) is 0 Å². The van der Waals surface area contributed by atoms with Crippen LogP contribution in [0.2, 0.25) is 25.7 Å². The van der Waals surface area contributed by atoms with E-state index in [1.165, 1.54) is 23.0 Å². The van der Waals surface area contributed by atoms with E-state index in [0.717, 1.165) is 5.75 Å². The van der Waals surface area contributed by atoms with E-state index in [-0.39, 0.29) is 0 Å². The average Bonchev–Trinajstić information content (AvgIpc) is 2.56. The molecule has 0 radical (unpaired) electrons. The van der Waals surface area contributed by atoms with Crippen molar-refractivity contribution in [2.24, 2.45) is 0 Å². The summed E-state index contributed by atoms with van der Waals surface area (Å²) in [6.07, 6.45) is -1.36. The first-order valence-electron chi connectivity index (χ1n) is 5.82. The van der Waals surface area contributed by atoms with Gasteiger partial charge < -0.3 is 4.57 Å². The molecule has 0 amide bonds. The summed E-state index contributed by atoms with van der Waals surface area (Å²) >= 11 is 1.66. The maximum Gasteiger partial charge on any atom is 0.406 e. The number of alkyl halides is 3. The molecule has 0 fully saturated rings. The Morgan fingerprint density at radius 1 is 1.33 bits per heavy atom. The van der Waals surface area contributed by atoms with Gasteiger partial charge in [0.2, 0.25) is 0 Å². The minimum atomic E-state index is -4.18. The van der Waals surface area contributed by atoms with Crippen LogP contribution in [0.3, 0.4) is 0 Å². The highest BCUT2D eigenvalue weighted by Crippen LogP contribution is 2.21. The van der Waals surface area contributed by atoms with Crippen molar-refractivity contribution < 1.29 is 13.2 Å². The standard InChI is InChI=1S/C11H19F3N2SSi/c1-18(2,3)7-6-17-8-10-15-4-5-16(10)9-11(12,13)14/h4-5H,6-9H2,1-3H3. The molecule has 0 saturated carbocycles. The summed E-state index contributed by atoms with van der Waals surface area (Å²) in [5, 5.41) is 0. The number of aromatic nitrogens is 2. The van der Waals surface area contributed by atoms with Gasteiger partial charge in [-0.3, -0.25) is 0 Å². The zero-order valence-electron chi connectivity index (χ0n) is 10.9. The van der Waals surface area contributed by atoms with Gasteiger partial charge in [0.25, 0.3) is 0 Å². The lowest BCUT2D eigenvalue weighted by molar-refractivity contribution is -0.140. The molecule has 0 aliphatic heterocycles. The second kappa shape index (κ2) is 6.14. The molecule has 0 bridgehead atoms. The lowest BCUT2D eigenvalue weighted by atomic mass is 10.5. The van der Waals surface area contributed by atoms with Crippen LogP contribution in [-0.4, -0.2) is 29.6 Å². The van der Waals surface area contributed by atoms with Crippen LogP contribution in [0.4, 0.5) is 13.2 Å². The fourth-order valence-corrected chi connectivity index (χ4v) is 4.95. The van der Waals surface area contributed by atoms with E-state index in [2.05, 4.69) is 24.6 Å². The van der Waals surface area contributed by atoms with Gasteiger partial charge in [0.15, 0.2) is 0 Å². The molecule has 0 N–H and O–H groups in total. The number of rotatable bonds is 6. The highest BCUT2D eigenvalue weighted by atomic mass is 32.2. The third kappa shape index (κ3) is 6.49. The van der Waals surface area contributed by atoms with Gasteiger partial charge >= 0.3 is 6.18 Å². The quantitative estimate of drug-likeness (QED) is 0.583. The van der Waals surface area contributed by atoms with Crippen molar-refractivity contribution in [2.45, 2.75) is 44.2 Å². The minimum absolute atomic E-state index is 0.507. The second-order valence-electron chi connectivity index (χ2n) is 5.45. The average molecular weight is 296 g/mol. The topological polar surface area (TPSA) is 17.8 Å². The molecule has 2 nitrogen and oxygen atoms in total. The van der Waals surface area contributed by atoms with Crippen LogP contribution in [0.1, 0.15) is 5.82 Å². The molecule has 18 heavy (non-hydrogen) atoms. The third-order valence-electron chi connectivity index (χ3n) is 2.38. The van der Waals surface area contributed by atoms with Crippen molar-refractivity contribution in [2.75, 3.05) is 5.75 Å². The summed E-state index contributed by atoms with van der Waals surface area (Å²) in [5.74, 6) is 2.05. The van der Waals surface area contributed by atoms with Crippen LogP contribution >= 0.6 is 11.8 Å². The van der Waals surface area contributed by atoms with Crippen LogP contribution < -0.4 is 0 Å². The predicted molar refractivity (Wildman–Crippen MR) is 72.6 cm³/mol. The molecular weight excluding hydrogens is 277 g/mol. The van der Waals surface area contributed by atoms with Crippen molar-refractivity contribution in [3.63, 3.8) is 0 Å². The highest BCUT2D eigenvalue weighted by molar-refractivity contribution is 7.98. The van der Waals surface area contributed by atoms with Crippen molar-refractivity contribution in [1.82, 2.24) is 9.55 Å². The summed E-state index contributed by atoms with van der Waals surface area (Å²) in [6.45, 7) is 5.92. The number of hydrogen-bond acceptors (Lipinski definition) is 2. The number of halogens is 3. The molecule has 104 valence electrons. The lowest BCUT2D eigenvalue weighted by Crippen LogP contribution is -2.20. The molecule has 0 spiro atoms. The van der Waals surface area contributed by atoms with Gasteiger partial charge in [-0.15, -0.1) is 0 Å². The normalized spacial score (nSPS) is 13.0. The first-order chi connectivity index (χ1) is 8.17. The van der Waals surface area contributed by atoms with Gasteiger partial charge in [-0.25, -0.2) is 4.98 Å². The molecule has 0 unspecified atom stereocenters. The van der Waals surface area contributed by atoms with Crippen LogP contribution in [0.5, 0.6) is 0 Å². The van der Waals surface area contributed by atoms with E-state index in [0.29, 0.717) is 11.6 Å². The summed E-state index contributed by atoms with van der Waals surface area (Å²) in [6, 6.07) is 1.18. The largest absolute Gasteiger partial charge is 0.406 e. The molecule has 0 atom stereocenters. The minimum Gasteiger partial charge on any atom is -0.325 e. The van der Waals surface area contributed by atoms with E-state index >= 15 is 0 Å². The zero-order valence-corrected chi connectivity index (χ0v) is 12.7. The zero-order chi connectivity index (χ0) is 13.8. The van der Waals surface area contributed by atoms with Crippen molar-refractivity contribution in [3.05, 3.63) is 18.2 Å². The van der Waals surface area contributed by atoms with E-state index in [4.69, 9.17) is 0 Å². The van der Waals surface area contributed by atoms with E-state index in [1.54, 1.807) is 11.8 Å². The van der Waals surface area contributed by atoms with Crippen LogP contribution in [0.15, 0.2) is 12.4 Å². The van der Waals surface area contributed by atoms with E-state index in [1.807, 2.05) is 0 Å². The fourth-order valence-electron chi connectivity index (χ4n) is 1.36. The Bertz CT molecular complexity index is 371. The molecule has 0 aliphatic carbocycles. The third-order valence-corrected chi connectivity index (χ3v) is 5.45. The first-order valence-corrected chi connectivity index (χ1v) is 10.7. The molecule has 0 saturated heterocycles. The van der Waals surface area contributed by atoms with Gasteiger partial charge in [0, 0.05) is 20.5 Å².